The van der Waals surface area contributed by atoms with E-state index in [-0.39, 0.29) is 12.3 Å². The second kappa shape index (κ2) is 8.60. The maximum absolute atomic E-state index is 13.3. The third-order valence-electron chi connectivity index (χ3n) is 3.15. The van der Waals surface area contributed by atoms with E-state index in [1.807, 2.05) is 0 Å². The highest BCUT2D eigenvalue weighted by atomic mass is 19.1. The summed E-state index contributed by atoms with van der Waals surface area (Å²) < 4.78 is 13.3. The zero-order chi connectivity index (χ0) is 15.0. The number of aliphatic hydroxyl groups is 1. The lowest BCUT2D eigenvalue weighted by Gasteiger charge is -2.15. The monoisotopic (exact) mass is 284 g/mol. The number of non-ortho nitro benzene ring substituents is 1. The molecule has 0 heterocycles. The quantitative estimate of drug-likeness (QED) is 0.540. The molecular weight excluding hydrogens is 263 g/mol. The first kappa shape index (κ1) is 16.5. The van der Waals surface area contributed by atoms with Crippen LogP contribution < -0.4 is 5.32 Å². The fourth-order valence-corrected chi connectivity index (χ4v) is 2.20. The molecule has 20 heavy (non-hydrogen) atoms. The number of benzene rings is 1. The van der Waals surface area contributed by atoms with Crippen LogP contribution in [0.2, 0.25) is 0 Å². The number of nitrogens with one attached hydrogen (secondary N) is 1. The number of nitrogens with zero attached hydrogens (tertiary/aromatic N) is 1. The Hall–Kier alpha value is -1.53. The van der Waals surface area contributed by atoms with Gasteiger partial charge in [-0.1, -0.05) is 13.3 Å². The largest absolute Gasteiger partial charge is 0.396 e. The maximum Gasteiger partial charge on any atom is 0.272 e. The fraction of sp³-hybridized carbons (Fsp3) is 0.571. The SMILES string of the molecule is CCCC(CCO)CNCc1cc(F)cc([N+](=O)[O-])c1. The number of hydrogen-bond donors (Lipinski definition) is 2. The molecule has 0 aliphatic rings. The molecule has 6 heteroatoms. The summed E-state index contributed by atoms with van der Waals surface area (Å²) in [5.41, 5.74) is 0.318. The van der Waals surface area contributed by atoms with E-state index in [1.54, 1.807) is 0 Å². The minimum absolute atomic E-state index is 0.151. The van der Waals surface area contributed by atoms with Crippen molar-refractivity contribution in [3.8, 4) is 0 Å². The smallest absolute Gasteiger partial charge is 0.272 e. The molecule has 0 radical (unpaired) electrons. The molecule has 5 nitrogen and oxygen atoms in total. The first-order valence-corrected chi connectivity index (χ1v) is 6.82. The van der Waals surface area contributed by atoms with Crippen LogP contribution in [0.4, 0.5) is 10.1 Å². The Morgan fingerprint density at radius 2 is 2.15 bits per heavy atom. The summed E-state index contributed by atoms with van der Waals surface area (Å²) in [6, 6.07) is 3.58. The number of nitro groups is 1. The van der Waals surface area contributed by atoms with Gasteiger partial charge in [-0.25, -0.2) is 4.39 Å². The zero-order valence-corrected chi connectivity index (χ0v) is 11.6. The van der Waals surface area contributed by atoms with Gasteiger partial charge < -0.3 is 10.4 Å². The standard InChI is InChI=1S/C14H21FN2O3/c1-2-3-11(4-5-18)9-16-10-12-6-13(15)8-14(7-12)17(19)20/h6-8,11,16,18H,2-5,9-10H2,1H3. The first-order valence-electron chi connectivity index (χ1n) is 6.82. The molecule has 0 aliphatic carbocycles. The molecule has 0 amide bonds. The van der Waals surface area contributed by atoms with E-state index in [0.29, 0.717) is 24.6 Å². The van der Waals surface area contributed by atoms with Gasteiger partial charge in [-0.15, -0.1) is 0 Å². The molecule has 0 aromatic heterocycles. The third-order valence-corrected chi connectivity index (χ3v) is 3.15. The molecule has 1 unspecified atom stereocenters. The fourth-order valence-electron chi connectivity index (χ4n) is 2.20. The van der Waals surface area contributed by atoms with Gasteiger partial charge in [0.1, 0.15) is 5.82 Å². The van der Waals surface area contributed by atoms with Gasteiger partial charge in [0.25, 0.3) is 5.69 Å². The van der Waals surface area contributed by atoms with Crippen LogP contribution >= 0.6 is 0 Å². The van der Waals surface area contributed by atoms with Crippen LogP contribution in [-0.2, 0) is 6.54 Å². The molecule has 2 N–H and O–H groups in total. The third kappa shape index (κ3) is 5.63. The Balaban J connectivity index is 2.54. The van der Waals surface area contributed by atoms with Crippen molar-refractivity contribution < 1.29 is 14.4 Å². The molecule has 1 aromatic rings. The Labute approximate surface area is 118 Å². The maximum atomic E-state index is 13.3. The van der Waals surface area contributed by atoms with Crippen molar-refractivity contribution in [2.24, 2.45) is 5.92 Å². The average molecular weight is 284 g/mol. The van der Waals surface area contributed by atoms with Gasteiger partial charge in [-0.05, 0) is 36.9 Å². The van der Waals surface area contributed by atoms with Crippen molar-refractivity contribution in [2.45, 2.75) is 32.7 Å². The van der Waals surface area contributed by atoms with Crippen LogP contribution in [-0.4, -0.2) is 23.2 Å². The second-order valence-electron chi connectivity index (χ2n) is 4.87. The lowest BCUT2D eigenvalue weighted by atomic mass is 10.0. The van der Waals surface area contributed by atoms with E-state index in [0.717, 1.165) is 25.3 Å². The Bertz CT molecular complexity index is 434. The van der Waals surface area contributed by atoms with E-state index in [4.69, 9.17) is 5.11 Å². The molecule has 0 saturated carbocycles. The van der Waals surface area contributed by atoms with Crippen molar-refractivity contribution in [3.05, 3.63) is 39.7 Å². The normalized spacial score (nSPS) is 12.3. The molecule has 0 aliphatic heterocycles. The van der Waals surface area contributed by atoms with Gasteiger partial charge in [-0.2, -0.15) is 0 Å². The highest BCUT2D eigenvalue weighted by Crippen LogP contribution is 2.16. The van der Waals surface area contributed by atoms with E-state index in [2.05, 4.69) is 12.2 Å². The summed E-state index contributed by atoms with van der Waals surface area (Å²) in [5, 5.41) is 22.8. The number of nitro benzene ring substituents is 1. The lowest BCUT2D eigenvalue weighted by molar-refractivity contribution is -0.385. The van der Waals surface area contributed by atoms with Crippen LogP contribution in [0.25, 0.3) is 0 Å². The summed E-state index contributed by atoms with van der Waals surface area (Å²) in [7, 11) is 0. The minimum Gasteiger partial charge on any atom is -0.396 e. The van der Waals surface area contributed by atoms with Gasteiger partial charge in [0.2, 0.25) is 0 Å². The second-order valence-corrected chi connectivity index (χ2v) is 4.87. The zero-order valence-electron chi connectivity index (χ0n) is 11.6. The van der Waals surface area contributed by atoms with E-state index >= 15 is 0 Å². The molecule has 1 rings (SSSR count). The Morgan fingerprint density at radius 3 is 2.75 bits per heavy atom. The van der Waals surface area contributed by atoms with Gasteiger partial charge in [0, 0.05) is 19.2 Å². The topological polar surface area (TPSA) is 75.4 Å². The minimum atomic E-state index is -0.600. The van der Waals surface area contributed by atoms with Crippen LogP contribution in [0, 0.1) is 21.8 Å². The summed E-state index contributed by atoms with van der Waals surface area (Å²) >= 11 is 0. The van der Waals surface area contributed by atoms with Crippen molar-refractivity contribution in [2.75, 3.05) is 13.2 Å². The van der Waals surface area contributed by atoms with Crippen LogP contribution in [0.5, 0.6) is 0 Å². The highest BCUT2D eigenvalue weighted by Gasteiger charge is 2.11. The molecular formula is C14H21FN2O3. The summed E-state index contributed by atoms with van der Waals surface area (Å²) in [5.74, 6) is -0.231. The van der Waals surface area contributed by atoms with Gasteiger partial charge >= 0.3 is 0 Å². The molecule has 112 valence electrons. The number of hydrogen-bond acceptors (Lipinski definition) is 4. The summed E-state index contributed by atoms with van der Waals surface area (Å²) in [6.07, 6.45) is 2.78. The van der Waals surface area contributed by atoms with Crippen LogP contribution in [0.3, 0.4) is 0 Å². The average Bonchev–Trinajstić information content (AvgIpc) is 2.38. The molecule has 0 spiro atoms. The molecule has 0 saturated heterocycles. The van der Waals surface area contributed by atoms with Gasteiger partial charge in [0.15, 0.2) is 0 Å². The molecule has 0 fully saturated rings. The van der Waals surface area contributed by atoms with Crippen molar-refractivity contribution in [3.63, 3.8) is 0 Å². The number of rotatable bonds is 9. The van der Waals surface area contributed by atoms with Crippen molar-refractivity contribution in [1.29, 1.82) is 0 Å². The predicted molar refractivity (Wildman–Crippen MR) is 74.9 cm³/mol. The highest BCUT2D eigenvalue weighted by molar-refractivity contribution is 5.35. The molecule has 1 atom stereocenters. The van der Waals surface area contributed by atoms with Crippen molar-refractivity contribution in [1.82, 2.24) is 5.32 Å². The Morgan fingerprint density at radius 1 is 1.40 bits per heavy atom. The first-order chi connectivity index (χ1) is 9.56. The van der Waals surface area contributed by atoms with E-state index < -0.39 is 10.7 Å². The van der Waals surface area contributed by atoms with E-state index in [9.17, 15) is 14.5 Å². The van der Waals surface area contributed by atoms with Gasteiger partial charge in [-0.3, -0.25) is 10.1 Å². The molecule has 1 aromatic carbocycles. The number of aliphatic hydroxyl groups excluding tert-OH is 1. The Kier molecular flexibility index (Phi) is 7.11. The van der Waals surface area contributed by atoms with Crippen LogP contribution in [0.1, 0.15) is 31.7 Å². The number of halogens is 1. The molecule has 0 bridgehead atoms. The van der Waals surface area contributed by atoms with E-state index in [1.165, 1.54) is 12.1 Å². The van der Waals surface area contributed by atoms with Gasteiger partial charge in [0.05, 0.1) is 11.0 Å². The summed E-state index contributed by atoms with van der Waals surface area (Å²) in [6.45, 7) is 3.32. The van der Waals surface area contributed by atoms with Crippen LogP contribution in [0.15, 0.2) is 18.2 Å². The predicted octanol–water partition coefficient (Wildman–Crippen LogP) is 2.62. The summed E-state index contributed by atoms with van der Waals surface area (Å²) in [4.78, 5) is 10.0. The van der Waals surface area contributed by atoms with Crippen molar-refractivity contribution >= 4 is 5.69 Å². The lowest BCUT2D eigenvalue weighted by Crippen LogP contribution is -2.23.